The first-order valence-corrected chi connectivity index (χ1v) is 18.1. The molecule has 1 saturated carbocycles. The Morgan fingerprint density at radius 3 is 2.58 bits per heavy atom. The monoisotopic (exact) mass is 654 g/mol. The Labute approximate surface area is 263 Å². The SMILES string of the molecule is CN(C(=O)NC1CCCC1)C1CCN(C[C@@H]2CCCN2C(=O)CN2CCC[C@H](NS(=O)(=O)C=Cc3ccc(Cl)s3)C2=O)C1. The molecule has 4 heterocycles. The fourth-order valence-electron chi connectivity index (χ4n) is 6.73. The molecule has 1 aromatic heterocycles. The van der Waals surface area contributed by atoms with Crippen LogP contribution in [0.1, 0.15) is 62.7 Å². The molecule has 3 atom stereocenters. The van der Waals surface area contributed by atoms with Crippen LogP contribution in [-0.4, -0.2) is 116 Å². The second kappa shape index (κ2) is 14.3. The number of nitrogens with zero attached hydrogens (tertiary/aromatic N) is 4. The normalized spacial score (nSPS) is 25.7. The lowest BCUT2D eigenvalue weighted by Gasteiger charge is -2.34. The van der Waals surface area contributed by atoms with Crippen molar-refractivity contribution in [3.8, 4) is 0 Å². The molecule has 0 radical (unpaired) electrons. The molecule has 4 aliphatic rings. The molecule has 0 aromatic carbocycles. The van der Waals surface area contributed by atoms with Gasteiger partial charge in [-0.15, -0.1) is 11.3 Å². The molecule has 14 heteroatoms. The molecule has 4 amide bonds. The zero-order valence-electron chi connectivity index (χ0n) is 24.7. The van der Waals surface area contributed by atoms with Crippen molar-refractivity contribution in [1.82, 2.24) is 29.6 Å². The molecule has 1 unspecified atom stereocenters. The van der Waals surface area contributed by atoms with E-state index >= 15 is 0 Å². The van der Waals surface area contributed by atoms with Crippen LogP contribution in [0.5, 0.6) is 0 Å². The highest BCUT2D eigenvalue weighted by atomic mass is 35.5. The molecular weight excluding hydrogens is 612 g/mol. The van der Waals surface area contributed by atoms with E-state index < -0.39 is 16.1 Å². The lowest BCUT2D eigenvalue weighted by atomic mass is 10.1. The first-order chi connectivity index (χ1) is 20.6. The smallest absolute Gasteiger partial charge is 0.317 e. The lowest BCUT2D eigenvalue weighted by Crippen LogP contribution is -2.55. The molecule has 2 N–H and O–H groups in total. The summed E-state index contributed by atoms with van der Waals surface area (Å²) in [7, 11) is -1.98. The van der Waals surface area contributed by atoms with Gasteiger partial charge in [0.2, 0.25) is 21.8 Å². The van der Waals surface area contributed by atoms with E-state index in [4.69, 9.17) is 11.6 Å². The molecular formula is C29H43ClN6O5S2. The number of carbonyl (C=O) groups is 3. The fourth-order valence-corrected chi connectivity index (χ4v) is 8.80. The van der Waals surface area contributed by atoms with E-state index in [1.807, 2.05) is 16.8 Å². The molecule has 0 spiro atoms. The molecule has 238 valence electrons. The third-order valence-electron chi connectivity index (χ3n) is 9.13. The van der Waals surface area contributed by atoms with Gasteiger partial charge in [-0.05, 0) is 63.2 Å². The van der Waals surface area contributed by atoms with Gasteiger partial charge < -0.3 is 20.0 Å². The standard InChI is InChI=1S/C29H43ClN6O5S2/c1-33(29(39)31-21-6-2-3-7-21)22-12-16-34(18-22)19-23-8-4-15-36(23)27(37)20-35-14-5-9-25(28(35)38)32-43(40,41)17-13-24-10-11-26(30)42-24/h10-11,13,17,21-23,25,32H,2-9,12,14-16,18-20H2,1H3,(H,31,39)/t22?,23-,25-/m0/s1. The summed E-state index contributed by atoms with van der Waals surface area (Å²) in [6.45, 7) is 3.44. The predicted molar refractivity (Wildman–Crippen MR) is 168 cm³/mol. The molecule has 0 bridgehead atoms. The van der Waals surface area contributed by atoms with E-state index in [0.717, 1.165) is 57.1 Å². The van der Waals surface area contributed by atoms with Gasteiger partial charge >= 0.3 is 6.03 Å². The van der Waals surface area contributed by atoms with Crippen LogP contribution in [0.15, 0.2) is 17.5 Å². The number of hydrogen-bond donors (Lipinski definition) is 2. The third-order valence-corrected chi connectivity index (χ3v) is 11.4. The van der Waals surface area contributed by atoms with Crippen LogP contribution >= 0.6 is 22.9 Å². The van der Waals surface area contributed by atoms with E-state index in [2.05, 4.69) is 14.9 Å². The van der Waals surface area contributed by atoms with Crippen LogP contribution in [0.4, 0.5) is 4.79 Å². The summed E-state index contributed by atoms with van der Waals surface area (Å²) in [4.78, 5) is 47.6. The molecule has 43 heavy (non-hydrogen) atoms. The molecule has 3 saturated heterocycles. The number of nitrogens with one attached hydrogen (secondary N) is 2. The van der Waals surface area contributed by atoms with Gasteiger partial charge in [-0.1, -0.05) is 24.4 Å². The highest BCUT2D eigenvalue weighted by Crippen LogP contribution is 2.25. The van der Waals surface area contributed by atoms with E-state index in [1.165, 1.54) is 35.2 Å². The summed E-state index contributed by atoms with van der Waals surface area (Å²) in [5.41, 5.74) is 0. The maximum atomic E-state index is 13.4. The van der Waals surface area contributed by atoms with Gasteiger partial charge in [0.1, 0.15) is 6.04 Å². The van der Waals surface area contributed by atoms with Crippen molar-refractivity contribution in [3.63, 3.8) is 0 Å². The predicted octanol–water partition coefficient (Wildman–Crippen LogP) is 2.93. The van der Waals surface area contributed by atoms with Crippen molar-refractivity contribution in [2.75, 3.05) is 46.3 Å². The van der Waals surface area contributed by atoms with Crippen molar-refractivity contribution < 1.29 is 22.8 Å². The number of likely N-dealkylation sites (N-methyl/N-ethyl adjacent to an activating group) is 1. The van der Waals surface area contributed by atoms with E-state index in [9.17, 15) is 22.8 Å². The Bertz CT molecular complexity index is 1300. The summed E-state index contributed by atoms with van der Waals surface area (Å²) in [5, 5.41) is 4.22. The average Bonchev–Trinajstić information content (AvgIpc) is 3.79. The molecule has 4 fully saturated rings. The largest absolute Gasteiger partial charge is 0.337 e. The summed E-state index contributed by atoms with van der Waals surface area (Å²) in [6, 6.07) is 3.02. The van der Waals surface area contributed by atoms with Gasteiger partial charge in [-0.3, -0.25) is 14.5 Å². The Kier molecular flexibility index (Phi) is 10.7. The van der Waals surface area contributed by atoms with Crippen molar-refractivity contribution in [3.05, 3.63) is 26.8 Å². The van der Waals surface area contributed by atoms with Crippen molar-refractivity contribution in [1.29, 1.82) is 0 Å². The van der Waals surface area contributed by atoms with Gasteiger partial charge in [-0.25, -0.2) is 13.2 Å². The number of likely N-dealkylation sites (tertiary alicyclic amines) is 3. The van der Waals surface area contributed by atoms with Gasteiger partial charge in [0, 0.05) is 68.2 Å². The number of amides is 4. The summed E-state index contributed by atoms with van der Waals surface area (Å²) < 4.78 is 28.3. The Morgan fingerprint density at radius 1 is 1.07 bits per heavy atom. The third kappa shape index (κ3) is 8.50. The number of piperidine rings is 1. The maximum absolute atomic E-state index is 13.4. The van der Waals surface area contributed by atoms with E-state index in [1.54, 1.807) is 12.1 Å². The van der Waals surface area contributed by atoms with E-state index in [-0.39, 0.29) is 36.5 Å². The average molecular weight is 655 g/mol. The summed E-state index contributed by atoms with van der Waals surface area (Å²) in [5.74, 6) is -0.467. The van der Waals surface area contributed by atoms with E-state index in [0.29, 0.717) is 41.2 Å². The Morgan fingerprint density at radius 2 is 1.84 bits per heavy atom. The summed E-state index contributed by atoms with van der Waals surface area (Å²) in [6.07, 6.45) is 9.65. The number of hydrogen-bond acceptors (Lipinski definition) is 7. The first kappa shape index (κ1) is 32.2. The van der Waals surface area contributed by atoms with Gasteiger partial charge in [0.25, 0.3) is 0 Å². The van der Waals surface area contributed by atoms with Crippen LogP contribution in [-0.2, 0) is 19.6 Å². The van der Waals surface area contributed by atoms with Gasteiger partial charge in [0.15, 0.2) is 0 Å². The van der Waals surface area contributed by atoms with Gasteiger partial charge in [0.05, 0.1) is 10.9 Å². The first-order valence-electron chi connectivity index (χ1n) is 15.4. The zero-order chi connectivity index (χ0) is 30.6. The number of carbonyl (C=O) groups excluding carboxylic acids is 3. The van der Waals surface area contributed by atoms with Crippen molar-refractivity contribution in [2.45, 2.75) is 82.0 Å². The number of halogens is 1. The number of thiophene rings is 1. The van der Waals surface area contributed by atoms with Crippen LogP contribution < -0.4 is 10.0 Å². The molecule has 11 nitrogen and oxygen atoms in total. The molecule has 1 aromatic rings. The highest BCUT2D eigenvalue weighted by Gasteiger charge is 2.37. The number of rotatable bonds is 10. The highest BCUT2D eigenvalue weighted by molar-refractivity contribution is 7.92. The quantitative estimate of drug-likeness (QED) is 0.400. The van der Waals surface area contributed by atoms with Gasteiger partial charge in [-0.2, -0.15) is 4.72 Å². The van der Waals surface area contributed by atoms with Crippen LogP contribution in [0, 0.1) is 0 Å². The van der Waals surface area contributed by atoms with Crippen molar-refractivity contribution >= 4 is 56.9 Å². The lowest BCUT2D eigenvalue weighted by molar-refractivity contribution is -0.143. The molecule has 3 aliphatic heterocycles. The second-order valence-electron chi connectivity index (χ2n) is 12.2. The topological polar surface area (TPSA) is 122 Å². The second-order valence-corrected chi connectivity index (χ2v) is 15.5. The summed E-state index contributed by atoms with van der Waals surface area (Å²) >= 11 is 7.17. The zero-order valence-corrected chi connectivity index (χ0v) is 27.1. The number of urea groups is 1. The number of sulfonamides is 1. The Balaban J connectivity index is 1.10. The van der Waals surface area contributed by atoms with Crippen LogP contribution in [0.2, 0.25) is 4.34 Å². The minimum Gasteiger partial charge on any atom is -0.337 e. The van der Waals surface area contributed by atoms with Crippen LogP contribution in [0.3, 0.4) is 0 Å². The maximum Gasteiger partial charge on any atom is 0.317 e. The Hall–Kier alpha value is -2.19. The molecule has 1 aliphatic carbocycles. The fraction of sp³-hybridized carbons (Fsp3) is 0.690. The van der Waals surface area contributed by atoms with Crippen LogP contribution in [0.25, 0.3) is 6.08 Å². The minimum atomic E-state index is -3.86. The molecule has 5 rings (SSSR count). The minimum absolute atomic E-state index is 0.00617. The van der Waals surface area contributed by atoms with Crippen molar-refractivity contribution in [2.24, 2.45) is 0 Å².